The Balaban J connectivity index is 1.87. The Morgan fingerprint density at radius 3 is 2.44 bits per heavy atom. The molecule has 0 radical (unpaired) electrons. The molecule has 0 spiro atoms. The summed E-state index contributed by atoms with van der Waals surface area (Å²) in [5, 5.41) is 8.21. The average Bonchev–Trinajstić information content (AvgIpc) is 2.61. The summed E-state index contributed by atoms with van der Waals surface area (Å²) in [6.07, 6.45) is 0. The van der Waals surface area contributed by atoms with Gasteiger partial charge in [-0.3, -0.25) is 0 Å². The largest absolute Gasteiger partial charge is 0.496 e. The van der Waals surface area contributed by atoms with Crippen LogP contribution in [0.1, 0.15) is 11.3 Å². The number of para-hydroxylation sites is 1. The summed E-state index contributed by atoms with van der Waals surface area (Å²) in [6.45, 7) is 1.89. The van der Waals surface area contributed by atoms with Gasteiger partial charge in [-0.05, 0) is 42.8 Å². The summed E-state index contributed by atoms with van der Waals surface area (Å²) >= 11 is 0. The Morgan fingerprint density at radius 2 is 1.78 bits per heavy atom. The van der Waals surface area contributed by atoms with E-state index in [4.69, 9.17) is 9.88 Å². The number of sulfonamides is 1. The lowest BCUT2D eigenvalue weighted by Gasteiger charge is -2.11. The lowest BCUT2D eigenvalue weighted by molar-refractivity contribution is 0.416. The topological polar surface area (TPSA) is 107 Å². The van der Waals surface area contributed by atoms with Crippen LogP contribution in [0.15, 0.2) is 54.6 Å². The summed E-state index contributed by atoms with van der Waals surface area (Å²) in [5.74, 6) is 0.968. The molecule has 0 saturated carbocycles. The van der Waals surface area contributed by atoms with Crippen LogP contribution in [-0.2, 0) is 15.8 Å². The van der Waals surface area contributed by atoms with Gasteiger partial charge >= 0.3 is 0 Å². The lowest BCUT2D eigenvalue weighted by Crippen LogP contribution is -2.14. The first-order chi connectivity index (χ1) is 12.8. The number of nitrogens with two attached hydrogens (primary N) is 1. The van der Waals surface area contributed by atoms with Crippen molar-refractivity contribution in [2.75, 3.05) is 12.4 Å². The Morgan fingerprint density at radius 1 is 1.07 bits per heavy atom. The van der Waals surface area contributed by atoms with E-state index >= 15 is 0 Å². The Hall–Kier alpha value is -2.97. The number of benzene rings is 2. The number of hydrogen-bond donors (Lipinski definition) is 2. The van der Waals surface area contributed by atoms with E-state index in [-0.39, 0.29) is 5.75 Å². The highest BCUT2D eigenvalue weighted by Gasteiger charge is 2.10. The molecule has 0 unspecified atom stereocenters. The van der Waals surface area contributed by atoms with Gasteiger partial charge in [-0.2, -0.15) is 0 Å². The highest BCUT2D eigenvalue weighted by molar-refractivity contribution is 7.88. The number of aromatic nitrogens is 2. The van der Waals surface area contributed by atoms with Gasteiger partial charge in [-0.25, -0.2) is 23.5 Å². The number of nitrogens with zero attached hydrogens (tertiary/aromatic N) is 2. The molecule has 7 nitrogen and oxygen atoms in total. The van der Waals surface area contributed by atoms with Gasteiger partial charge in [-0.15, -0.1) is 0 Å². The van der Waals surface area contributed by atoms with Crippen LogP contribution in [0.2, 0.25) is 0 Å². The number of rotatable bonds is 6. The van der Waals surface area contributed by atoms with Gasteiger partial charge in [0.05, 0.1) is 18.6 Å². The molecule has 27 heavy (non-hydrogen) atoms. The maximum absolute atomic E-state index is 11.2. The lowest BCUT2D eigenvalue weighted by atomic mass is 10.1. The smallest absolute Gasteiger partial charge is 0.227 e. The second-order valence-electron chi connectivity index (χ2n) is 6.05. The van der Waals surface area contributed by atoms with Crippen molar-refractivity contribution >= 4 is 21.7 Å². The highest BCUT2D eigenvalue weighted by Crippen LogP contribution is 2.29. The molecule has 0 saturated heterocycles. The monoisotopic (exact) mass is 384 g/mol. The Labute approximate surface area is 158 Å². The first kappa shape index (κ1) is 18.8. The van der Waals surface area contributed by atoms with Crippen molar-refractivity contribution in [1.29, 1.82) is 0 Å². The fraction of sp³-hybridized carbons (Fsp3) is 0.158. The normalized spacial score (nSPS) is 11.2. The van der Waals surface area contributed by atoms with E-state index in [1.165, 1.54) is 0 Å². The number of nitrogens with one attached hydrogen (secondary N) is 1. The van der Waals surface area contributed by atoms with Crippen LogP contribution in [0.25, 0.3) is 11.3 Å². The zero-order valence-corrected chi connectivity index (χ0v) is 15.8. The van der Waals surface area contributed by atoms with Gasteiger partial charge in [0.15, 0.2) is 0 Å². The summed E-state index contributed by atoms with van der Waals surface area (Å²) in [7, 11) is -1.93. The van der Waals surface area contributed by atoms with Crippen molar-refractivity contribution in [3.05, 3.63) is 65.9 Å². The fourth-order valence-corrected chi connectivity index (χ4v) is 3.32. The zero-order valence-electron chi connectivity index (χ0n) is 15.0. The van der Waals surface area contributed by atoms with Gasteiger partial charge in [-0.1, -0.05) is 24.3 Å². The molecule has 8 heteroatoms. The van der Waals surface area contributed by atoms with Gasteiger partial charge in [0.25, 0.3) is 0 Å². The number of ether oxygens (including phenoxy) is 1. The van der Waals surface area contributed by atoms with Crippen LogP contribution in [0, 0.1) is 6.92 Å². The second-order valence-corrected chi connectivity index (χ2v) is 7.66. The molecule has 2 aromatic carbocycles. The third kappa shape index (κ3) is 5.02. The second kappa shape index (κ2) is 7.73. The maximum Gasteiger partial charge on any atom is 0.227 e. The predicted octanol–water partition coefficient (Wildman–Crippen LogP) is 2.99. The molecular formula is C19H20N4O3S. The maximum atomic E-state index is 11.2. The zero-order chi connectivity index (χ0) is 19.4. The van der Waals surface area contributed by atoms with Crippen LogP contribution in [0.4, 0.5) is 11.6 Å². The SMILES string of the molecule is COc1ccccc1-c1cc(C)nc(Nc2ccc(CS(N)(=O)=O)cc2)n1. The highest BCUT2D eigenvalue weighted by atomic mass is 32.2. The molecule has 0 aliphatic heterocycles. The van der Waals surface area contributed by atoms with Crippen LogP contribution in [0.3, 0.4) is 0 Å². The van der Waals surface area contributed by atoms with E-state index in [0.29, 0.717) is 11.5 Å². The van der Waals surface area contributed by atoms with E-state index in [2.05, 4.69) is 15.3 Å². The Bertz CT molecular complexity index is 1050. The Kier molecular flexibility index (Phi) is 5.38. The molecule has 3 N–H and O–H groups in total. The van der Waals surface area contributed by atoms with E-state index in [1.54, 1.807) is 31.4 Å². The van der Waals surface area contributed by atoms with Crippen molar-refractivity contribution in [3.8, 4) is 17.0 Å². The molecular weight excluding hydrogens is 364 g/mol. The summed E-state index contributed by atoms with van der Waals surface area (Å²) in [6, 6.07) is 16.4. The number of anilines is 2. The number of primary sulfonamides is 1. The summed E-state index contributed by atoms with van der Waals surface area (Å²) < 4.78 is 27.8. The van der Waals surface area contributed by atoms with E-state index in [1.807, 2.05) is 37.3 Å². The van der Waals surface area contributed by atoms with Crippen molar-refractivity contribution in [2.24, 2.45) is 5.14 Å². The van der Waals surface area contributed by atoms with Crippen molar-refractivity contribution in [3.63, 3.8) is 0 Å². The van der Waals surface area contributed by atoms with E-state index in [9.17, 15) is 8.42 Å². The third-order valence-electron chi connectivity index (χ3n) is 3.82. The molecule has 0 atom stereocenters. The minimum atomic E-state index is -3.55. The predicted molar refractivity (Wildman–Crippen MR) is 105 cm³/mol. The van der Waals surface area contributed by atoms with Crippen molar-refractivity contribution < 1.29 is 13.2 Å². The first-order valence-corrected chi connectivity index (χ1v) is 9.91. The van der Waals surface area contributed by atoms with Gasteiger partial charge in [0.2, 0.25) is 16.0 Å². The molecule has 3 rings (SSSR count). The van der Waals surface area contributed by atoms with Gasteiger partial charge in [0, 0.05) is 16.9 Å². The fourth-order valence-electron chi connectivity index (χ4n) is 2.66. The number of methoxy groups -OCH3 is 1. The van der Waals surface area contributed by atoms with Crippen molar-refractivity contribution in [2.45, 2.75) is 12.7 Å². The first-order valence-electron chi connectivity index (χ1n) is 8.19. The quantitative estimate of drug-likeness (QED) is 0.676. The van der Waals surface area contributed by atoms with Crippen LogP contribution >= 0.6 is 0 Å². The standard InChI is InChI=1S/C19H20N4O3S/c1-13-11-17(16-5-3-4-6-18(16)26-2)23-19(21-13)22-15-9-7-14(8-10-15)12-27(20,24)25/h3-11H,12H2,1-2H3,(H2,20,24,25)(H,21,22,23). The van der Waals surface area contributed by atoms with E-state index in [0.717, 1.165) is 28.4 Å². The summed E-state index contributed by atoms with van der Waals surface area (Å²) in [4.78, 5) is 8.98. The van der Waals surface area contributed by atoms with Crippen LogP contribution < -0.4 is 15.2 Å². The van der Waals surface area contributed by atoms with Crippen LogP contribution in [0.5, 0.6) is 5.75 Å². The summed E-state index contributed by atoms with van der Waals surface area (Å²) in [5.41, 5.74) is 3.78. The molecule has 0 aliphatic carbocycles. The van der Waals surface area contributed by atoms with Gasteiger partial charge in [0.1, 0.15) is 5.75 Å². The molecule has 0 bridgehead atoms. The molecule has 0 fully saturated rings. The van der Waals surface area contributed by atoms with Gasteiger partial charge < -0.3 is 10.1 Å². The minimum absolute atomic E-state index is 0.202. The third-order valence-corrected chi connectivity index (χ3v) is 4.55. The van der Waals surface area contributed by atoms with E-state index < -0.39 is 10.0 Å². The number of aryl methyl sites for hydroxylation is 1. The molecule has 1 heterocycles. The molecule has 0 amide bonds. The molecule has 140 valence electrons. The van der Waals surface area contributed by atoms with Crippen molar-refractivity contribution in [1.82, 2.24) is 9.97 Å². The number of hydrogen-bond acceptors (Lipinski definition) is 6. The minimum Gasteiger partial charge on any atom is -0.496 e. The van der Waals surface area contributed by atoms with Crippen LogP contribution in [-0.4, -0.2) is 25.5 Å². The molecule has 3 aromatic rings. The molecule has 0 aliphatic rings. The average molecular weight is 384 g/mol. The molecule has 1 aromatic heterocycles.